The molecule has 7 heteroatoms. The molecule has 1 amide bonds. The average Bonchev–Trinajstić information content (AvgIpc) is 2.83. The van der Waals surface area contributed by atoms with Crippen LogP contribution in [0.3, 0.4) is 0 Å². The standard InChI is InChI=1S/C26H25F3N2O2/c27-22-9-7-21(16-24(22)29)33-20-5-1-17(2-6-20)3-10-26(32)31-25-15-19(4-8-23(25)28)18-11-13-30-14-12-18/h1-2,4-9,15-16,18,30H,3,10-14H2,(H,31,32). The van der Waals surface area contributed by atoms with Crippen LogP contribution >= 0.6 is 0 Å². The molecule has 0 spiro atoms. The van der Waals surface area contributed by atoms with Gasteiger partial charge in [-0.1, -0.05) is 18.2 Å². The highest BCUT2D eigenvalue weighted by Crippen LogP contribution is 2.29. The van der Waals surface area contributed by atoms with Crippen LogP contribution in [0.15, 0.2) is 60.7 Å². The van der Waals surface area contributed by atoms with Gasteiger partial charge in [0.1, 0.15) is 17.3 Å². The predicted molar refractivity (Wildman–Crippen MR) is 121 cm³/mol. The fourth-order valence-corrected chi connectivity index (χ4v) is 3.92. The van der Waals surface area contributed by atoms with E-state index < -0.39 is 17.5 Å². The van der Waals surface area contributed by atoms with Crippen LogP contribution in [0, 0.1) is 17.5 Å². The van der Waals surface area contributed by atoms with Crippen molar-refractivity contribution in [3.63, 3.8) is 0 Å². The van der Waals surface area contributed by atoms with E-state index in [-0.39, 0.29) is 23.8 Å². The van der Waals surface area contributed by atoms with E-state index in [1.807, 2.05) is 0 Å². The molecule has 1 fully saturated rings. The summed E-state index contributed by atoms with van der Waals surface area (Å²) >= 11 is 0. The van der Waals surface area contributed by atoms with Crippen molar-refractivity contribution in [2.45, 2.75) is 31.6 Å². The maximum absolute atomic E-state index is 14.2. The molecule has 3 aromatic carbocycles. The fourth-order valence-electron chi connectivity index (χ4n) is 3.92. The van der Waals surface area contributed by atoms with Crippen molar-refractivity contribution in [1.29, 1.82) is 0 Å². The van der Waals surface area contributed by atoms with Gasteiger partial charge in [-0.05, 0) is 85.8 Å². The first-order valence-electron chi connectivity index (χ1n) is 11.0. The lowest BCUT2D eigenvalue weighted by Crippen LogP contribution is -2.26. The van der Waals surface area contributed by atoms with Crippen LogP contribution in [0.5, 0.6) is 11.5 Å². The first-order chi connectivity index (χ1) is 16.0. The van der Waals surface area contributed by atoms with E-state index in [0.29, 0.717) is 18.1 Å². The third kappa shape index (κ3) is 6.14. The number of aryl methyl sites for hydroxylation is 1. The number of hydrogen-bond acceptors (Lipinski definition) is 3. The highest BCUT2D eigenvalue weighted by Gasteiger charge is 2.17. The summed E-state index contributed by atoms with van der Waals surface area (Å²) in [4.78, 5) is 12.4. The molecular formula is C26H25F3N2O2. The minimum absolute atomic E-state index is 0.190. The van der Waals surface area contributed by atoms with Crippen LogP contribution < -0.4 is 15.4 Å². The Morgan fingerprint density at radius 2 is 1.58 bits per heavy atom. The van der Waals surface area contributed by atoms with E-state index in [1.165, 1.54) is 12.1 Å². The van der Waals surface area contributed by atoms with Gasteiger partial charge in [-0.3, -0.25) is 4.79 Å². The van der Waals surface area contributed by atoms with Gasteiger partial charge in [0.25, 0.3) is 0 Å². The van der Waals surface area contributed by atoms with E-state index in [2.05, 4.69) is 10.6 Å². The summed E-state index contributed by atoms with van der Waals surface area (Å²) in [6, 6.07) is 15.2. The van der Waals surface area contributed by atoms with Crippen molar-refractivity contribution in [3.8, 4) is 11.5 Å². The van der Waals surface area contributed by atoms with Crippen LogP contribution in [0.4, 0.5) is 18.9 Å². The Balaban J connectivity index is 1.31. The quantitative estimate of drug-likeness (QED) is 0.465. The smallest absolute Gasteiger partial charge is 0.224 e. The molecule has 4 nitrogen and oxygen atoms in total. The third-order valence-corrected chi connectivity index (χ3v) is 5.77. The number of nitrogens with one attached hydrogen (secondary N) is 2. The Morgan fingerprint density at radius 3 is 2.30 bits per heavy atom. The largest absolute Gasteiger partial charge is 0.457 e. The Bertz CT molecular complexity index is 1110. The van der Waals surface area contributed by atoms with Gasteiger partial charge in [0.05, 0.1) is 5.69 Å². The Labute approximate surface area is 190 Å². The second kappa shape index (κ2) is 10.5. The summed E-state index contributed by atoms with van der Waals surface area (Å²) in [5, 5.41) is 6.01. The molecule has 4 rings (SSSR count). The van der Waals surface area contributed by atoms with Gasteiger partial charge in [0.15, 0.2) is 11.6 Å². The van der Waals surface area contributed by atoms with Crippen LogP contribution in [0.25, 0.3) is 0 Å². The number of rotatable bonds is 7. The van der Waals surface area contributed by atoms with Gasteiger partial charge in [0, 0.05) is 12.5 Å². The molecule has 172 valence electrons. The zero-order chi connectivity index (χ0) is 23.2. The van der Waals surface area contributed by atoms with Crippen molar-refractivity contribution < 1.29 is 22.7 Å². The van der Waals surface area contributed by atoms with Gasteiger partial charge in [-0.25, -0.2) is 13.2 Å². The molecule has 0 radical (unpaired) electrons. The van der Waals surface area contributed by atoms with E-state index >= 15 is 0 Å². The summed E-state index contributed by atoms with van der Waals surface area (Å²) in [5.41, 5.74) is 2.16. The number of amides is 1. The second-order valence-corrected chi connectivity index (χ2v) is 8.13. The molecular weight excluding hydrogens is 429 g/mol. The molecule has 1 heterocycles. The van der Waals surface area contributed by atoms with Gasteiger partial charge < -0.3 is 15.4 Å². The Morgan fingerprint density at radius 1 is 0.879 bits per heavy atom. The van der Waals surface area contributed by atoms with E-state index in [1.54, 1.807) is 36.4 Å². The molecule has 0 aromatic heterocycles. The normalized spacial score (nSPS) is 14.2. The van der Waals surface area contributed by atoms with E-state index in [0.717, 1.165) is 49.2 Å². The maximum Gasteiger partial charge on any atom is 0.224 e. The minimum atomic E-state index is -0.979. The van der Waals surface area contributed by atoms with Crippen molar-refractivity contribution in [2.24, 2.45) is 0 Å². The molecule has 0 saturated carbocycles. The van der Waals surface area contributed by atoms with Gasteiger partial charge in [0.2, 0.25) is 5.91 Å². The van der Waals surface area contributed by atoms with Crippen LogP contribution in [0.2, 0.25) is 0 Å². The molecule has 0 bridgehead atoms. The summed E-state index contributed by atoms with van der Waals surface area (Å²) in [7, 11) is 0. The zero-order valence-corrected chi connectivity index (χ0v) is 18.0. The zero-order valence-electron chi connectivity index (χ0n) is 18.0. The topological polar surface area (TPSA) is 50.4 Å². The molecule has 33 heavy (non-hydrogen) atoms. The molecule has 1 aliphatic heterocycles. The molecule has 3 aromatic rings. The highest BCUT2D eigenvalue weighted by molar-refractivity contribution is 5.91. The number of hydrogen-bond donors (Lipinski definition) is 2. The Kier molecular flexibility index (Phi) is 7.29. The molecule has 0 atom stereocenters. The van der Waals surface area contributed by atoms with Crippen LogP contribution in [-0.2, 0) is 11.2 Å². The first kappa shape index (κ1) is 22.9. The number of benzene rings is 3. The number of halogens is 3. The number of ether oxygens (including phenoxy) is 1. The summed E-state index contributed by atoms with van der Waals surface area (Å²) < 4.78 is 46.1. The van der Waals surface area contributed by atoms with Crippen molar-refractivity contribution in [2.75, 3.05) is 18.4 Å². The number of piperidine rings is 1. The van der Waals surface area contributed by atoms with Crippen LogP contribution in [-0.4, -0.2) is 19.0 Å². The summed E-state index contributed by atoms with van der Waals surface area (Å²) in [6.45, 7) is 1.88. The van der Waals surface area contributed by atoms with Gasteiger partial charge in [-0.2, -0.15) is 0 Å². The van der Waals surface area contributed by atoms with E-state index in [9.17, 15) is 18.0 Å². The lowest BCUT2D eigenvalue weighted by atomic mass is 9.90. The van der Waals surface area contributed by atoms with E-state index in [4.69, 9.17) is 4.74 Å². The second-order valence-electron chi connectivity index (χ2n) is 8.13. The van der Waals surface area contributed by atoms with Crippen molar-refractivity contribution in [3.05, 3.63) is 89.2 Å². The SMILES string of the molecule is O=C(CCc1ccc(Oc2ccc(F)c(F)c2)cc1)Nc1cc(C2CCNCC2)ccc1F. The fraction of sp³-hybridized carbons (Fsp3) is 0.269. The molecule has 0 aliphatic carbocycles. The van der Waals surface area contributed by atoms with Crippen molar-refractivity contribution in [1.82, 2.24) is 5.32 Å². The van der Waals surface area contributed by atoms with Gasteiger partial charge >= 0.3 is 0 Å². The predicted octanol–water partition coefficient (Wildman–Crippen LogP) is 5.93. The van der Waals surface area contributed by atoms with Crippen molar-refractivity contribution >= 4 is 11.6 Å². The lowest BCUT2D eigenvalue weighted by molar-refractivity contribution is -0.116. The molecule has 1 aliphatic rings. The number of carbonyl (C=O) groups excluding carboxylic acids is 1. The molecule has 1 saturated heterocycles. The molecule has 0 unspecified atom stereocenters. The first-order valence-corrected chi connectivity index (χ1v) is 11.0. The summed E-state index contributed by atoms with van der Waals surface area (Å²) in [5.74, 6) is -1.60. The maximum atomic E-state index is 14.2. The minimum Gasteiger partial charge on any atom is -0.457 e. The Hall–Kier alpha value is -3.32. The average molecular weight is 454 g/mol. The number of carbonyl (C=O) groups is 1. The number of anilines is 1. The van der Waals surface area contributed by atoms with Crippen LogP contribution in [0.1, 0.15) is 36.3 Å². The monoisotopic (exact) mass is 454 g/mol. The third-order valence-electron chi connectivity index (χ3n) is 5.77. The molecule has 2 N–H and O–H groups in total. The summed E-state index contributed by atoms with van der Waals surface area (Å²) in [6.07, 6.45) is 2.65. The lowest BCUT2D eigenvalue weighted by Gasteiger charge is -2.23. The van der Waals surface area contributed by atoms with Gasteiger partial charge in [-0.15, -0.1) is 0 Å². The highest BCUT2D eigenvalue weighted by atomic mass is 19.2.